The maximum Gasteiger partial charge on any atom is 0.369 e. The summed E-state index contributed by atoms with van der Waals surface area (Å²) < 4.78 is 40.9. The molecule has 0 saturated heterocycles. The number of sulfone groups is 1. The highest BCUT2D eigenvalue weighted by molar-refractivity contribution is 7.91. The third kappa shape index (κ3) is 10.6. The summed E-state index contributed by atoms with van der Waals surface area (Å²) in [6.45, 7) is 1.77. The van der Waals surface area contributed by atoms with E-state index in [1.165, 1.54) is 24.6 Å². The number of hydrogen-bond acceptors (Lipinski definition) is 8. The number of rotatable bonds is 12. The largest absolute Gasteiger partial charge is 0.497 e. The molecular weight excluding hydrogens is 640 g/mol. The molecule has 4 aromatic carbocycles. The van der Waals surface area contributed by atoms with Crippen LogP contribution in [0.25, 0.3) is 10.9 Å². The first-order valence-electron chi connectivity index (χ1n) is 14.8. The van der Waals surface area contributed by atoms with Crippen LogP contribution < -0.4 is 14.8 Å². The number of hydrogen-bond donors (Lipinski definition) is 1. The van der Waals surface area contributed by atoms with Crippen LogP contribution in [0.1, 0.15) is 29.3 Å². The predicted octanol–water partition coefficient (Wildman–Crippen LogP) is 6.69. The zero-order valence-corrected chi connectivity index (χ0v) is 27.5. The minimum Gasteiger partial charge on any atom is -0.497 e. The number of para-hydroxylation sites is 1. The third-order valence-corrected chi connectivity index (χ3v) is 8.90. The van der Waals surface area contributed by atoms with Crippen LogP contribution in [0.3, 0.4) is 0 Å². The Morgan fingerprint density at radius 3 is 2.30 bits per heavy atom. The molecule has 1 amide bonds. The number of fused-ring (bicyclic) bond motifs is 1. The molecule has 0 fully saturated rings. The van der Waals surface area contributed by atoms with Gasteiger partial charge in [-0.15, -0.1) is 0 Å². The molecule has 0 aliphatic rings. The molecule has 5 aromatic rings. The fourth-order valence-electron chi connectivity index (χ4n) is 4.43. The van der Waals surface area contributed by atoms with Gasteiger partial charge < -0.3 is 19.5 Å². The van der Waals surface area contributed by atoms with E-state index in [4.69, 9.17) is 25.8 Å². The maximum atomic E-state index is 12.7. The summed E-state index contributed by atoms with van der Waals surface area (Å²) in [6, 6.07) is 31.5. The van der Waals surface area contributed by atoms with E-state index in [0.717, 1.165) is 11.1 Å². The topological polar surface area (TPSA) is 121 Å². The van der Waals surface area contributed by atoms with Gasteiger partial charge in [0.05, 0.1) is 29.9 Å². The van der Waals surface area contributed by atoms with E-state index in [1.54, 1.807) is 67.6 Å². The van der Waals surface area contributed by atoms with Crippen LogP contribution in [0.2, 0.25) is 5.02 Å². The lowest BCUT2D eigenvalue weighted by atomic mass is 10.1. The predicted molar refractivity (Wildman–Crippen MR) is 182 cm³/mol. The van der Waals surface area contributed by atoms with Crippen molar-refractivity contribution in [1.82, 2.24) is 10.3 Å². The van der Waals surface area contributed by atoms with Gasteiger partial charge in [0.2, 0.25) is 0 Å². The summed E-state index contributed by atoms with van der Waals surface area (Å²) in [4.78, 5) is 29.5. The second-order valence-corrected chi connectivity index (χ2v) is 12.7. The average Bonchev–Trinajstić information content (AvgIpc) is 3.09. The highest BCUT2D eigenvalue weighted by Crippen LogP contribution is 2.19. The molecule has 5 rings (SSSR count). The van der Waals surface area contributed by atoms with Gasteiger partial charge in [0.1, 0.15) is 11.5 Å². The van der Waals surface area contributed by atoms with E-state index in [1.807, 2.05) is 30.5 Å². The van der Waals surface area contributed by atoms with E-state index in [-0.39, 0.29) is 17.3 Å². The monoisotopic (exact) mass is 674 g/mol. The summed E-state index contributed by atoms with van der Waals surface area (Å²) in [5.74, 6) is -0.446. The van der Waals surface area contributed by atoms with Crippen molar-refractivity contribution in [3.8, 4) is 11.5 Å². The van der Waals surface area contributed by atoms with Crippen molar-refractivity contribution in [2.45, 2.75) is 30.9 Å². The molecular formula is C36H35ClN2O7S. The van der Waals surface area contributed by atoms with Crippen LogP contribution in [0.15, 0.2) is 120 Å². The van der Waals surface area contributed by atoms with Crippen molar-refractivity contribution >= 4 is 44.2 Å². The molecule has 1 N–H and O–H groups in total. The Morgan fingerprint density at radius 2 is 1.60 bits per heavy atom. The van der Waals surface area contributed by atoms with Crippen molar-refractivity contribution in [2.24, 2.45) is 0 Å². The van der Waals surface area contributed by atoms with Crippen LogP contribution in [0.5, 0.6) is 11.5 Å². The number of aromatic nitrogens is 1. The van der Waals surface area contributed by atoms with Gasteiger partial charge in [0.15, 0.2) is 9.84 Å². The van der Waals surface area contributed by atoms with Gasteiger partial charge in [-0.25, -0.2) is 13.2 Å². The molecule has 0 aliphatic carbocycles. The minimum absolute atomic E-state index is 0.00583. The molecule has 1 aromatic heterocycles. The van der Waals surface area contributed by atoms with Crippen LogP contribution in [0.4, 0.5) is 0 Å². The Labute approximate surface area is 279 Å². The number of carbonyl (C=O) groups excluding carboxylic acids is 2. The van der Waals surface area contributed by atoms with Gasteiger partial charge in [0, 0.05) is 22.2 Å². The number of aryl methyl sites for hydroxylation is 1. The number of benzene rings is 4. The highest BCUT2D eigenvalue weighted by atomic mass is 35.5. The smallest absolute Gasteiger partial charge is 0.369 e. The average molecular weight is 675 g/mol. The molecule has 0 aliphatic heterocycles. The third-order valence-electron chi connectivity index (χ3n) is 6.84. The second kappa shape index (κ2) is 17.1. The summed E-state index contributed by atoms with van der Waals surface area (Å²) in [5, 5.41) is 4.21. The number of esters is 1. The summed E-state index contributed by atoms with van der Waals surface area (Å²) >= 11 is 5.83. The summed E-state index contributed by atoms with van der Waals surface area (Å²) in [7, 11) is -1.92. The van der Waals surface area contributed by atoms with E-state index >= 15 is 0 Å². The minimum atomic E-state index is -3.41. The number of carbonyl (C=O) groups is 2. The maximum absolute atomic E-state index is 12.7. The fourth-order valence-corrected chi connectivity index (χ4v) is 5.87. The van der Waals surface area contributed by atoms with Gasteiger partial charge >= 0.3 is 5.97 Å². The van der Waals surface area contributed by atoms with Gasteiger partial charge in [-0.05, 0) is 92.1 Å². The molecule has 9 nitrogen and oxygen atoms in total. The number of pyridine rings is 1. The normalized spacial score (nSPS) is 11.5. The van der Waals surface area contributed by atoms with Crippen LogP contribution in [0, 0.1) is 0 Å². The first kappa shape index (κ1) is 34.9. The molecule has 0 saturated carbocycles. The van der Waals surface area contributed by atoms with Gasteiger partial charge in [-0.2, -0.15) is 0 Å². The Bertz CT molecular complexity index is 1820. The summed E-state index contributed by atoms with van der Waals surface area (Å²) in [5.41, 5.74) is 2.25. The van der Waals surface area contributed by atoms with Crippen molar-refractivity contribution < 1.29 is 32.2 Å². The first-order valence-corrected chi connectivity index (χ1v) is 16.9. The molecule has 47 heavy (non-hydrogen) atoms. The lowest BCUT2D eigenvalue weighted by Gasteiger charge is -2.19. The zero-order valence-electron chi connectivity index (χ0n) is 26.0. The Balaban J connectivity index is 0.000000420. The Morgan fingerprint density at radius 1 is 0.872 bits per heavy atom. The summed E-state index contributed by atoms with van der Waals surface area (Å²) in [6.07, 6.45) is 1.39. The molecule has 1 atom stereocenters. The van der Waals surface area contributed by atoms with Gasteiger partial charge in [-0.1, -0.05) is 54.1 Å². The number of nitrogens with one attached hydrogen (secondary N) is 1. The van der Waals surface area contributed by atoms with E-state index in [2.05, 4.69) is 22.4 Å². The van der Waals surface area contributed by atoms with Crippen LogP contribution >= 0.6 is 11.6 Å². The molecule has 1 heterocycles. The lowest BCUT2D eigenvalue weighted by molar-refractivity contribution is -0.152. The molecule has 0 radical (unpaired) electrons. The van der Waals surface area contributed by atoms with Gasteiger partial charge in [-0.3, -0.25) is 9.78 Å². The number of ether oxygens (including phenoxy) is 3. The lowest BCUT2D eigenvalue weighted by Crippen LogP contribution is -2.46. The fraction of sp³-hybridized carbons (Fsp3) is 0.194. The molecule has 0 bridgehead atoms. The quantitative estimate of drug-likeness (QED) is 0.115. The van der Waals surface area contributed by atoms with Crippen molar-refractivity contribution in [3.05, 3.63) is 132 Å². The Kier molecular flexibility index (Phi) is 12.7. The van der Waals surface area contributed by atoms with Crippen LogP contribution in [-0.2, 0) is 25.8 Å². The van der Waals surface area contributed by atoms with E-state index in [9.17, 15) is 18.0 Å². The number of nitrogens with zero attached hydrogens (tertiary/aromatic N) is 1. The van der Waals surface area contributed by atoms with Gasteiger partial charge in [0.25, 0.3) is 12.1 Å². The molecule has 244 valence electrons. The van der Waals surface area contributed by atoms with E-state index in [0.29, 0.717) is 34.9 Å². The van der Waals surface area contributed by atoms with Crippen molar-refractivity contribution in [1.29, 1.82) is 0 Å². The molecule has 1 unspecified atom stereocenters. The van der Waals surface area contributed by atoms with Crippen molar-refractivity contribution in [3.63, 3.8) is 0 Å². The highest BCUT2D eigenvalue weighted by Gasteiger charge is 2.25. The first-order chi connectivity index (χ1) is 22.7. The molecule has 11 heteroatoms. The van der Waals surface area contributed by atoms with Crippen molar-refractivity contribution in [2.75, 3.05) is 19.5 Å². The standard InChI is InChI=1S/C27H28ClNO7S.C9H7N/c1-3-35-27(31)26(29-25(30)20-7-4-8-23(18-20)34-2)36-22-13-9-19(10-14-22)6-5-17-37(32,33)24-15-11-21(28)12-16-24;1-2-6-9-8(4-1)5-3-7-10-9/h4,7-16,18,26H,3,5-6,17H2,1-2H3,(H,29,30);1-7H. The Hall–Kier alpha value is -4.93. The SMILES string of the molecule is CCOC(=O)C(NC(=O)c1cccc(OC)c1)Oc1ccc(CCCS(=O)(=O)c2ccc(Cl)cc2)cc1.c1ccc2ncccc2c1. The number of amides is 1. The number of halogens is 1. The molecule has 0 spiro atoms. The number of methoxy groups -OCH3 is 1. The van der Waals surface area contributed by atoms with E-state index < -0.39 is 27.9 Å². The van der Waals surface area contributed by atoms with Crippen LogP contribution in [-0.4, -0.2) is 51.0 Å². The second-order valence-electron chi connectivity index (χ2n) is 10.2. The zero-order chi connectivity index (χ0) is 33.6.